The molecule has 2 nitrogen and oxygen atoms in total. The molecule has 0 atom stereocenters. The van der Waals surface area contributed by atoms with Gasteiger partial charge in [0, 0.05) is 22.3 Å². The van der Waals surface area contributed by atoms with Gasteiger partial charge in [0.05, 0.1) is 0 Å². The maximum absolute atomic E-state index is 12.8. The first kappa shape index (κ1) is 26.7. The summed E-state index contributed by atoms with van der Waals surface area (Å²) in [6.07, 6.45) is 1.03. The third kappa shape index (κ3) is 6.49. The van der Waals surface area contributed by atoms with Gasteiger partial charge in [-0.3, -0.25) is 9.59 Å². The lowest BCUT2D eigenvalue weighted by Gasteiger charge is -2.06. The van der Waals surface area contributed by atoms with Crippen molar-refractivity contribution >= 4 is 22.3 Å². The van der Waals surface area contributed by atoms with Crippen molar-refractivity contribution in [2.24, 2.45) is 0 Å². The van der Waals surface area contributed by atoms with Crippen LogP contribution in [0.5, 0.6) is 0 Å². The number of hydrogen-bond donors (Lipinski definition) is 0. The Kier molecular flexibility index (Phi) is 8.60. The fraction of sp³-hybridized carbons (Fsp3) is 0.143. The van der Waals surface area contributed by atoms with Crippen molar-refractivity contribution in [3.05, 3.63) is 154 Å². The molecule has 5 rings (SSSR count). The van der Waals surface area contributed by atoms with Crippen molar-refractivity contribution in [1.29, 1.82) is 0 Å². The fourth-order valence-electron chi connectivity index (χ4n) is 4.20. The van der Waals surface area contributed by atoms with Gasteiger partial charge in [-0.1, -0.05) is 106 Å². The first-order valence-electron chi connectivity index (χ1n) is 12.9. The number of halogens is 1. The van der Waals surface area contributed by atoms with E-state index in [2.05, 4.69) is 39.0 Å². The van der Waals surface area contributed by atoms with Gasteiger partial charge in [-0.25, -0.2) is 4.39 Å². The van der Waals surface area contributed by atoms with Crippen molar-refractivity contribution < 1.29 is 14.0 Å². The molecule has 5 aromatic carbocycles. The van der Waals surface area contributed by atoms with Crippen LogP contribution < -0.4 is 0 Å². The predicted molar refractivity (Wildman–Crippen MR) is 154 cm³/mol. The summed E-state index contributed by atoms with van der Waals surface area (Å²) in [5.74, 6) is 0.110. The number of ketones is 2. The van der Waals surface area contributed by atoms with Gasteiger partial charge in [-0.2, -0.15) is 0 Å². The third-order valence-corrected chi connectivity index (χ3v) is 6.56. The van der Waals surface area contributed by atoms with E-state index in [1.165, 1.54) is 40.8 Å². The van der Waals surface area contributed by atoms with E-state index in [-0.39, 0.29) is 17.4 Å². The SMILES string of the molecule is CC(C)c1ccc(C(=O)c2ccc(F)cc2)cc1.CCc1ccc2cc(C(=O)c3ccccc3)ccc2c1. The van der Waals surface area contributed by atoms with Gasteiger partial charge in [0.25, 0.3) is 0 Å². The second-order valence-electron chi connectivity index (χ2n) is 9.56. The van der Waals surface area contributed by atoms with E-state index < -0.39 is 0 Å². The molecule has 0 N–H and O–H groups in total. The number of carbonyl (C=O) groups excluding carboxylic acids is 2. The first-order valence-corrected chi connectivity index (χ1v) is 12.9. The molecule has 0 spiro atoms. The maximum Gasteiger partial charge on any atom is 0.193 e. The zero-order chi connectivity index (χ0) is 27.1. The van der Waals surface area contributed by atoms with E-state index in [4.69, 9.17) is 0 Å². The molecule has 0 fully saturated rings. The van der Waals surface area contributed by atoms with Crippen LogP contribution in [-0.2, 0) is 6.42 Å². The molecule has 3 heteroatoms. The monoisotopic (exact) mass is 502 g/mol. The Balaban J connectivity index is 0.000000178. The smallest absolute Gasteiger partial charge is 0.193 e. The molecule has 190 valence electrons. The summed E-state index contributed by atoms with van der Waals surface area (Å²) in [5, 5.41) is 2.30. The molecular formula is C35H31FO2. The minimum absolute atomic E-state index is 0.0760. The number of fused-ring (bicyclic) bond motifs is 1. The van der Waals surface area contributed by atoms with Crippen LogP contribution in [0.25, 0.3) is 10.8 Å². The Morgan fingerprint density at radius 3 is 1.71 bits per heavy atom. The molecule has 0 unspecified atom stereocenters. The second kappa shape index (κ2) is 12.2. The van der Waals surface area contributed by atoms with Crippen LogP contribution >= 0.6 is 0 Å². The summed E-state index contributed by atoms with van der Waals surface area (Å²) in [6, 6.07) is 34.9. The molecule has 5 aromatic rings. The van der Waals surface area contributed by atoms with Crippen LogP contribution in [0.4, 0.5) is 4.39 Å². The number of benzene rings is 5. The topological polar surface area (TPSA) is 34.1 Å². The lowest BCUT2D eigenvalue weighted by molar-refractivity contribution is 0.103. The summed E-state index contributed by atoms with van der Waals surface area (Å²) < 4.78 is 12.8. The normalized spacial score (nSPS) is 10.7. The van der Waals surface area contributed by atoms with E-state index in [1.807, 2.05) is 72.8 Å². The van der Waals surface area contributed by atoms with Crippen molar-refractivity contribution in [1.82, 2.24) is 0 Å². The summed E-state index contributed by atoms with van der Waals surface area (Å²) in [4.78, 5) is 24.5. The Morgan fingerprint density at radius 2 is 1.11 bits per heavy atom. The number of rotatable bonds is 6. The zero-order valence-corrected chi connectivity index (χ0v) is 21.9. The van der Waals surface area contributed by atoms with Crippen LogP contribution in [0.15, 0.2) is 115 Å². The van der Waals surface area contributed by atoms with Gasteiger partial charge in [-0.15, -0.1) is 0 Å². The Morgan fingerprint density at radius 1 is 0.605 bits per heavy atom. The highest BCUT2D eigenvalue weighted by molar-refractivity contribution is 6.10. The van der Waals surface area contributed by atoms with E-state index in [9.17, 15) is 14.0 Å². The average molecular weight is 503 g/mol. The van der Waals surface area contributed by atoms with Crippen LogP contribution in [0.2, 0.25) is 0 Å². The molecular weight excluding hydrogens is 471 g/mol. The highest BCUT2D eigenvalue weighted by Gasteiger charge is 2.10. The van der Waals surface area contributed by atoms with Crippen molar-refractivity contribution in [2.75, 3.05) is 0 Å². The lowest BCUT2D eigenvalue weighted by Crippen LogP contribution is -2.01. The minimum atomic E-state index is -0.332. The molecule has 38 heavy (non-hydrogen) atoms. The van der Waals surface area contributed by atoms with Crippen LogP contribution in [0, 0.1) is 5.82 Å². The first-order chi connectivity index (χ1) is 18.4. The van der Waals surface area contributed by atoms with Gasteiger partial charge < -0.3 is 0 Å². The highest BCUT2D eigenvalue weighted by atomic mass is 19.1. The highest BCUT2D eigenvalue weighted by Crippen LogP contribution is 2.20. The van der Waals surface area contributed by atoms with E-state index in [0.29, 0.717) is 17.0 Å². The summed E-state index contributed by atoms with van der Waals surface area (Å²) >= 11 is 0. The third-order valence-electron chi connectivity index (χ3n) is 6.56. The van der Waals surface area contributed by atoms with Gasteiger partial charge in [0.1, 0.15) is 5.82 Å². The molecule has 0 amide bonds. The molecule has 0 bridgehead atoms. The van der Waals surface area contributed by atoms with E-state index in [1.54, 1.807) is 0 Å². The van der Waals surface area contributed by atoms with Gasteiger partial charge in [0.15, 0.2) is 11.6 Å². The number of hydrogen-bond acceptors (Lipinski definition) is 2. The molecule has 0 aromatic heterocycles. The molecule has 0 aliphatic rings. The molecule has 0 heterocycles. The molecule has 0 saturated carbocycles. The van der Waals surface area contributed by atoms with Crippen LogP contribution in [0.3, 0.4) is 0 Å². The Hall–Kier alpha value is -4.37. The summed E-state index contributed by atoms with van der Waals surface area (Å²) in [6.45, 7) is 6.36. The van der Waals surface area contributed by atoms with Crippen molar-refractivity contribution in [2.45, 2.75) is 33.1 Å². The standard InChI is InChI=1S/C19H16O.C16H15FO/c1-2-14-8-9-17-13-18(11-10-16(17)12-14)19(20)15-6-4-3-5-7-15;1-11(2)12-3-5-13(6-4-12)16(18)14-7-9-15(17)10-8-14/h3-13H,2H2,1H3;3-11H,1-2H3. The fourth-order valence-corrected chi connectivity index (χ4v) is 4.20. The molecule has 0 aliphatic carbocycles. The van der Waals surface area contributed by atoms with E-state index in [0.717, 1.165) is 22.9 Å². The summed E-state index contributed by atoms with van der Waals surface area (Å²) in [5.41, 5.74) is 5.13. The number of carbonyl (C=O) groups is 2. The second-order valence-corrected chi connectivity index (χ2v) is 9.56. The van der Waals surface area contributed by atoms with Gasteiger partial charge in [-0.05, 0) is 64.6 Å². The molecule has 0 radical (unpaired) electrons. The zero-order valence-electron chi connectivity index (χ0n) is 21.9. The van der Waals surface area contributed by atoms with Crippen LogP contribution in [0.1, 0.15) is 69.7 Å². The largest absolute Gasteiger partial charge is 0.289 e. The van der Waals surface area contributed by atoms with Crippen LogP contribution in [-0.4, -0.2) is 11.6 Å². The summed E-state index contributed by atoms with van der Waals surface area (Å²) in [7, 11) is 0. The van der Waals surface area contributed by atoms with E-state index >= 15 is 0 Å². The van der Waals surface area contributed by atoms with Crippen molar-refractivity contribution in [3.8, 4) is 0 Å². The quantitative estimate of drug-likeness (QED) is 0.217. The minimum Gasteiger partial charge on any atom is -0.289 e. The Labute approximate surface area is 223 Å². The molecule has 0 aliphatic heterocycles. The molecule has 0 saturated heterocycles. The van der Waals surface area contributed by atoms with Crippen molar-refractivity contribution in [3.63, 3.8) is 0 Å². The predicted octanol–water partition coefficient (Wildman–Crippen LogP) is 8.81. The Bertz CT molecular complexity index is 1530. The maximum atomic E-state index is 12.8. The number of aryl methyl sites for hydroxylation is 1. The average Bonchev–Trinajstić information content (AvgIpc) is 2.97. The lowest BCUT2D eigenvalue weighted by atomic mass is 9.98. The van der Waals surface area contributed by atoms with Gasteiger partial charge in [0.2, 0.25) is 0 Å². The van der Waals surface area contributed by atoms with Gasteiger partial charge >= 0.3 is 0 Å².